The molecule has 2 heterocycles. The zero-order valence-corrected chi connectivity index (χ0v) is 21.7. The van der Waals surface area contributed by atoms with Crippen molar-refractivity contribution in [2.45, 2.75) is 18.2 Å². The summed E-state index contributed by atoms with van der Waals surface area (Å²) in [4.78, 5) is 27.0. The van der Waals surface area contributed by atoms with Crippen LogP contribution in [0.1, 0.15) is 13.3 Å². The number of hydrogen-bond acceptors (Lipinski definition) is 5. The van der Waals surface area contributed by atoms with Gasteiger partial charge in [-0.2, -0.15) is 0 Å². The lowest BCUT2D eigenvalue weighted by Crippen LogP contribution is -2.49. The van der Waals surface area contributed by atoms with Gasteiger partial charge in [-0.25, -0.2) is 4.98 Å². The zero-order valence-electron chi connectivity index (χ0n) is 18.6. The number of benzene rings is 1. The van der Waals surface area contributed by atoms with Crippen LogP contribution in [0.5, 0.6) is 0 Å². The smallest absolute Gasteiger partial charge is 0.224 e. The fraction of sp³-hybridized carbons (Fsp3) is 0.435. The maximum Gasteiger partial charge on any atom is 0.224 e. The van der Waals surface area contributed by atoms with Gasteiger partial charge < -0.3 is 20.4 Å². The van der Waals surface area contributed by atoms with E-state index in [-0.39, 0.29) is 29.9 Å². The molecule has 1 saturated heterocycles. The number of aliphatic imine (C=N–C) groups is 1. The second-order valence-electron chi connectivity index (χ2n) is 7.15. The molecule has 0 spiro atoms. The highest BCUT2D eigenvalue weighted by Crippen LogP contribution is 2.15. The Morgan fingerprint density at radius 3 is 2.50 bits per heavy atom. The van der Waals surface area contributed by atoms with Crippen molar-refractivity contribution in [3.8, 4) is 0 Å². The third-order valence-electron chi connectivity index (χ3n) is 4.95. The first-order valence-corrected chi connectivity index (χ1v) is 11.9. The van der Waals surface area contributed by atoms with Crippen LogP contribution in [-0.2, 0) is 4.79 Å². The molecule has 1 aromatic heterocycles. The van der Waals surface area contributed by atoms with Crippen molar-refractivity contribution in [1.29, 1.82) is 0 Å². The van der Waals surface area contributed by atoms with Crippen LogP contribution >= 0.6 is 35.7 Å². The van der Waals surface area contributed by atoms with E-state index in [4.69, 9.17) is 0 Å². The van der Waals surface area contributed by atoms with Crippen LogP contribution in [0.4, 0.5) is 5.82 Å². The summed E-state index contributed by atoms with van der Waals surface area (Å²) in [6.45, 7) is 7.23. The number of carbonyl (C=O) groups excluding carboxylic acids is 1. The number of nitrogens with zero attached hydrogens (tertiary/aromatic N) is 4. The Morgan fingerprint density at radius 1 is 1.06 bits per heavy atom. The Balaban J connectivity index is 0.00000363. The summed E-state index contributed by atoms with van der Waals surface area (Å²) in [5.74, 6) is 2.86. The molecule has 1 aliphatic heterocycles. The highest BCUT2D eigenvalue weighted by Gasteiger charge is 2.21. The van der Waals surface area contributed by atoms with Gasteiger partial charge in [0.1, 0.15) is 5.82 Å². The van der Waals surface area contributed by atoms with Crippen molar-refractivity contribution in [1.82, 2.24) is 20.5 Å². The number of thioether (sulfide) groups is 1. The summed E-state index contributed by atoms with van der Waals surface area (Å²) in [5, 5.41) is 6.60. The molecule has 1 aromatic carbocycles. The molecule has 1 fully saturated rings. The minimum Gasteiger partial charge on any atom is -0.357 e. The van der Waals surface area contributed by atoms with Crippen LogP contribution in [0.3, 0.4) is 0 Å². The monoisotopic (exact) mass is 568 g/mol. The number of nitrogens with one attached hydrogen (secondary N) is 2. The minimum absolute atomic E-state index is 0. The summed E-state index contributed by atoms with van der Waals surface area (Å²) in [6, 6.07) is 16.3. The van der Waals surface area contributed by atoms with E-state index in [0.29, 0.717) is 13.0 Å². The third kappa shape index (κ3) is 8.85. The minimum atomic E-state index is 0. The van der Waals surface area contributed by atoms with Gasteiger partial charge in [0.05, 0.1) is 6.54 Å². The van der Waals surface area contributed by atoms with Gasteiger partial charge in [-0.15, -0.1) is 35.7 Å². The van der Waals surface area contributed by atoms with Crippen molar-refractivity contribution in [3.63, 3.8) is 0 Å². The lowest BCUT2D eigenvalue weighted by Gasteiger charge is -2.35. The Labute approximate surface area is 212 Å². The quantitative estimate of drug-likeness (QED) is 0.159. The van der Waals surface area contributed by atoms with Crippen molar-refractivity contribution in [3.05, 3.63) is 54.7 Å². The highest BCUT2D eigenvalue weighted by atomic mass is 127. The SMILES string of the molecule is CCNC(=NCCC(=O)N1CCN(c2ccccn2)CC1)NCCSc1ccccc1.I. The molecule has 1 aliphatic rings. The summed E-state index contributed by atoms with van der Waals surface area (Å²) in [5.41, 5.74) is 0. The molecule has 32 heavy (non-hydrogen) atoms. The third-order valence-corrected chi connectivity index (χ3v) is 5.97. The van der Waals surface area contributed by atoms with E-state index in [1.165, 1.54) is 4.90 Å². The molecule has 3 rings (SSSR count). The van der Waals surface area contributed by atoms with Gasteiger partial charge >= 0.3 is 0 Å². The van der Waals surface area contributed by atoms with Gasteiger partial charge in [-0.1, -0.05) is 24.3 Å². The molecule has 1 amide bonds. The van der Waals surface area contributed by atoms with Crippen LogP contribution in [0, 0.1) is 0 Å². The summed E-state index contributed by atoms with van der Waals surface area (Å²) >= 11 is 1.81. The van der Waals surface area contributed by atoms with Crippen LogP contribution in [0.15, 0.2) is 64.6 Å². The van der Waals surface area contributed by atoms with Gasteiger partial charge in [0.15, 0.2) is 5.96 Å². The molecular formula is C23H33IN6OS. The second kappa shape index (κ2) is 14.9. The first kappa shape index (κ1) is 26.2. The number of anilines is 1. The van der Waals surface area contributed by atoms with E-state index in [0.717, 1.165) is 56.8 Å². The maximum absolute atomic E-state index is 12.6. The molecule has 9 heteroatoms. The summed E-state index contributed by atoms with van der Waals surface area (Å²) in [6.07, 6.45) is 2.24. The lowest BCUT2D eigenvalue weighted by atomic mass is 10.2. The molecule has 0 saturated carbocycles. The van der Waals surface area contributed by atoms with Crippen molar-refractivity contribution in [2.24, 2.45) is 4.99 Å². The number of piperazine rings is 1. The molecule has 0 unspecified atom stereocenters. The first-order chi connectivity index (χ1) is 15.3. The number of amides is 1. The number of rotatable bonds is 9. The van der Waals surface area contributed by atoms with Gasteiger partial charge in [0, 0.05) is 62.5 Å². The topological polar surface area (TPSA) is 72.9 Å². The molecule has 7 nitrogen and oxygen atoms in total. The largest absolute Gasteiger partial charge is 0.357 e. The Kier molecular flexibility index (Phi) is 12.3. The number of guanidine groups is 1. The highest BCUT2D eigenvalue weighted by molar-refractivity contribution is 14.0. The Hall–Kier alpha value is -2.01. The van der Waals surface area contributed by atoms with Crippen LogP contribution in [0.2, 0.25) is 0 Å². The molecule has 0 radical (unpaired) electrons. The first-order valence-electron chi connectivity index (χ1n) is 10.9. The Morgan fingerprint density at radius 2 is 1.81 bits per heavy atom. The lowest BCUT2D eigenvalue weighted by molar-refractivity contribution is -0.131. The number of hydrogen-bond donors (Lipinski definition) is 2. The summed E-state index contributed by atoms with van der Waals surface area (Å²) in [7, 11) is 0. The van der Waals surface area contributed by atoms with Crippen LogP contribution in [0.25, 0.3) is 0 Å². The fourth-order valence-corrected chi connectivity index (χ4v) is 4.13. The van der Waals surface area contributed by atoms with E-state index in [2.05, 4.69) is 49.8 Å². The van der Waals surface area contributed by atoms with E-state index < -0.39 is 0 Å². The van der Waals surface area contributed by atoms with Crippen LogP contribution < -0.4 is 15.5 Å². The normalized spacial score (nSPS) is 14.0. The van der Waals surface area contributed by atoms with E-state index >= 15 is 0 Å². The van der Waals surface area contributed by atoms with Gasteiger partial charge in [0.2, 0.25) is 5.91 Å². The molecule has 2 N–H and O–H groups in total. The molecule has 0 aliphatic carbocycles. The average Bonchev–Trinajstić information content (AvgIpc) is 2.83. The fourth-order valence-electron chi connectivity index (χ4n) is 3.34. The molecule has 0 bridgehead atoms. The van der Waals surface area contributed by atoms with Gasteiger partial charge in [-0.05, 0) is 31.2 Å². The van der Waals surface area contributed by atoms with E-state index in [1.54, 1.807) is 6.20 Å². The van der Waals surface area contributed by atoms with Gasteiger partial charge in [-0.3, -0.25) is 9.79 Å². The number of halogens is 1. The Bertz CT molecular complexity index is 816. The average molecular weight is 569 g/mol. The van der Waals surface area contributed by atoms with E-state index in [9.17, 15) is 4.79 Å². The van der Waals surface area contributed by atoms with Crippen molar-refractivity contribution < 1.29 is 4.79 Å². The predicted molar refractivity (Wildman–Crippen MR) is 144 cm³/mol. The predicted octanol–water partition coefficient (Wildman–Crippen LogP) is 3.09. The molecule has 174 valence electrons. The number of pyridine rings is 1. The van der Waals surface area contributed by atoms with E-state index in [1.807, 2.05) is 47.9 Å². The molecule has 2 aromatic rings. The molecular weight excluding hydrogens is 535 g/mol. The number of aromatic nitrogens is 1. The standard InChI is InChI=1S/C23H32N6OS.HI/c1-2-24-23(27-14-19-31-20-8-4-3-5-9-20)26-13-11-22(30)29-17-15-28(16-18-29)21-10-6-7-12-25-21;/h3-10,12H,2,11,13-19H2,1H3,(H2,24,26,27);1H. The van der Waals surface area contributed by atoms with Crippen molar-refractivity contribution in [2.75, 3.05) is 56.5 Å². The number of carbonyl (C=O) groups is 1. The molecule has 0 atom stereocenters. The van der Waals surface area contributed by atoms with Gasteiger partial charge in [0.25, 0.3) is 0 Å². The summed E-state index contributed by atoms with van der Waals surface area (Å²) < 4.78 is 0. The second-order valence-corrected chi connectivity index (χ2v) is 8.32. The maximum atomic E-state index is 12.6. The van der Waals surface area contributed by atoms with Crippen LogP contribution in [-0.4, -0.2) is 73.3 Å². The zero-order chi connectivity index (χ0) is 21.7. The van der Waals surface area contributed by atoms with Crippen molar-refractivity contribution >= 4 is 53.4 Å².